The lowest BCUT2D eigenvalue weighted by Crippen LogP contribution is -1.85. The van der Waals surface area contributed by atoms with Gasteiger partial charge in [0.05, 0.1) is 5.69 Å². The van der Waals surface area contributed by atoms with Crippen LogP contribution in [0.2, 0.25) is 0 Å². The van der Waals surface area contributed by atoms with E-state index in [1.807, 2.05) is 0 Å². The summed E-state index contributed by atoms with van der Waals surface area (Å²) in [7, 11) is 0. The molecule has 1 saturated carbocycles. The molecule has 3 heteroatoms. The van der Waals surface area contributed by atoms with E-state index in [0.29, 0.717) is 17.6 Å². The molecule has 1 heterocycles. The summed E-state index contributed by atoms with van der Waals surface area (Å²) in [6.45, 7) is 1.76. The van der Waals surface area contributed by atoms with Crippen LogP contribution in [0.4, 0.5) is 0 Å². The second-order valence-corrected chi connectivity index (χ2v) is 2.87. The Bertz CT molecular complexity index is 286. The Morgan fingerprint density at radius 1 is 1.64 bits per heavy atom. The van der Waals surface area contributed by atoms with Gasteiger partial charge < -0.3 is 4.42 Å². The quantitative estimate of drug-likeness (QED) is 0.604. The molecule has 1 fully saturated rings. The van der Waals surface area contributed by atoms with Gasteiger partial charge in [0.25, 0.3) is 0 Å². The van der Waals surface area contributed by atoms with Crippen molar-refractivity contribution in [1.82, 2.24) is 4.98 Å². The maximum Gasteiger partial charge on any atom is 0.192 e. The SMILES string of the molecule is Cc1nc(C2CC2)c(C=O)o1. The normalized spacial score (nSPS) is 16.8. The molecule has 0 N–H and O–H groups in total. The first-order chi connectivity index (χ1) is 5.31. The van der Waals surface area contributed by atoms with Gasteiger partial charge in [0.1, 0.15) is 0 Å². The van der Waals surface area contributed by atoms with Crippen LogP contribution in [-0.2, 0) is 0 Å². The summed E-state index contributed by atoms with van der Waals surface area (Å²) in [5.74, 6) is 1.51. The largest absolute Gasteiger partial charge is 0.438 e. The second-order valence-electron chi connectivity index (χ2n) is 2.87. The molecule has 2 rings (SSSR count). The van der Waals surface area contributed by atoms with Crippen LogP contribution in [0, 0.1) is 6.92 Å². The van der Waals surface area contributed by atoms with Gasteiger partial charge in [-0.2, -0.15) is 0 Å². The third kappa shape index (κ3) is 1.06. The molecule has 11 heavy (non-hydrogen) atoms. The maximum atomic E-state index is 10.4. The van der Waals surface area contributed by atoms with Gasteiger partial charge in [0, 0.05) is 12.8 Å². The lowest BCUT2D eigenvalue weighted by Gasteiger charge is -1.85. The van der Waals surface area contributed by atoms with E-state index < -0.39 is 0 Å². The Labute approximate surface area is 64.4 Å². The standard InChI is InChI=1S/C8H9NO2/c1-5-9-8(6-2-3-6)7(4-10)11-5/h4,6H,2-3H2,1H3. The summed E-state index contributed by atoms with van der Waals surface area (Å²) in [5.41, 5.74) is 0.859. The molecule has 0 aliphatic heterocycles. The fraction of sp³-hybridized carbons (Fsp3) is 0.500. The van der Waals surface area contributed by atoms with Crippen molar-refractivity contribution in [2.45, 2.75) is 25.7 Å². The first-order valence-corrected chi connectivity index (χ1v) is 3.74. The van der Waals surface area contributed by atoms with Crippen LogP contribution in [0.15, 0.2) is 4.42 Å². The molecule has 58 valence electrons. The summed E-state index contributed by atoms with van der Waals surface area (Å²) in [6, 6.07) is 0. The summed E-state index contributed by atoms with van der Waals surface area (Å²) in [5, 5.41) is 0. The zero-order valence-electron chi connectivity index (χ0n) is 6.33. The zero-order chi connectivity index (χ0) is 7.84. The molecule has 1 aromatic heterocycles. The number of aldehydes is 1. The molecule has 0 spiro atoms. The molecular weight excluding hydrogens is 142 g/mol. The van der Waals surface area contributed by atoms with Gasteiger partial charge in [0.15, 0.2) is 17.9 Å². The minimum absolute atomic E-state index is 0.421. The van der Waals surface area contributed by atoms with E-state index in [1.54, 1.807) is 6.92 Å². The molecule has 0 aromatic carbocycles. The lowest BCUT2D eigenvalue weighted by atomic mass is 10.2. The third-order valence-corrected chi connectivity index (χ3v) is 1.86. The lowest BCUT2D eigenvalue weighted by molar-refractivity contribution is 0.109. The number of oxazole rings is 1. The van der Waals surface area contributed by atoms with E-state index in [1.165, 1.54) is 0 Å². The van der Waals surface area contributed by atoms with E-state index in [2.05, 4.69) is 4.98 Å². The molecule has 0 atom stereocenters. The Kier molecular flexibility index (Phi) is 1.31. The monoisotopic (exact) mass is 151 g/mol. The average molecular weight is 151 g/mol. The first-order valence-electron chi connectivity index (χ1n) is 3.74. The topological polar surface area (TPSA) is 43.1 Å². The Balaban J connectivity index is 2.41. The molecule has 0 unspecified atom stereocenters. The molecule has 0 amide bonds. The highest BCUT2D eigenvalue weighted by molar-refractivity contribution is 5.72. The summed E-state index contributed by atoms with van der Waals surface area (Å²) < 4.78 is 5.09. The van der Waals surface area contributed by atoms with Gasteiger partial charge >= 0.3 is 0 Å². The number of aryl methyl sites for hydroxylation is 1. The highest BCUT2D eigenvalue weighted by Crippen LogP contribution is 2.40. The van der Waals surface area contributed by atoms with Crippen LogP contribution in [0.25, 0.3) is 0 Å². The molecular formula is C8H9NO2. The van der Waals surface area contributed by atoms with Crippen molar-refractivity contribution >= 4 is 6.29 Å². The zero-order valence-corrected chi connectivity index (χ0v) is 6.33. The highest BCUT2D eigenvalue weighted by atomic mass is 16.4. The van der Waals surface area contributed by atoms with Crippen LogP contribution in [0.1, 0.15) is 40.9 Å². The van der Waals surface area contributed by atoms with Gasteiger partial charge in [-0.15, -0.1) is 0 Å². The van der Waals surface area contributed by atoms with Crippen LogP contribution >= 0.6 is 0 Å². The van der Waals surface area contributed by atoms with E-state index in [4.69, 9.17) is 4.42 Å². The van der Waals surface area contributed by atoms with Crippen molar-refractivity contribution in [3.05, 3.63) is 17.3 Å². The van der Waals surface area contributed by atoms with Gasteiger partial charge in [-0.05, 0) is 12.8 Å². The highest BCUT2D eigenvalue weighted by Gasteiger charge is 2.29. The van der Waals surface area contributed by atoms with Crippen LogP contribution in [0.3, 0.4) is 0 Å². The summed E-state index contributed by atoms with van der Waals surface area (Å²) in [6.07, 6.45) is 3.04. The predicted octanol–water partition coefficient (Wildman–Crippen LogP) is 1.67. The number of nitrogens with zero attached hydrogens (tertiary/aromatic N) is 1. The molecule has 1 aromatic rings. The Morgan fingerprint density at radius 3 is 2.91 bits per heavy atom. The van der Waals surface area contributed by atoms with E-state index in [0.717, 1.165) is 24.8 Å². The Morgan fingerprint density at radius 2 is 2.36 bits per heavy atom. The summed E-state index contributed by atoms with van der Waals surface area (Å²) in [4.78, 5) is 14.6. The van der Waals surface area contributed by atoms with Crippen molar-refractivity contribution < 1.29 is 9.21 Å². The molecule has 0 radical (unpaired) electrons. The van der Waals surface area contributed by atoms with Gasteiger partial charge in [-0.1, -0.05) is 0 Å². The predicted molar refractivity (Wildman–Crippen MR) is 38.6 cm³/mol. The number of aromatic nitrogens is 1. The van der Waals surface area contributed by atoms with Crippen LogP contribution in [-0.4, -0.2) is 11.3 Å². The molecule has 1 aliphatic carbocycles. The number of carbonyl (C=O) groups excluding carboxylic acids is 1. The van der Waals surface area contributed by atoms with Crippen molar-refractivity contribution in [3.63, 3.8) is 0 Å². The minimum Gasteiger partial charge on any atom is -0.438 e. The smallest absolute Gasteiger partial charge is 0.192 e. The average Bonchev–Trinajstić information content (AvgIpc) is 2.75. The van der Waals surface area contributed by atoms with E-state index in [9.17, 15) is 4.79 Å². The third-order valence-electron chi connectivity index (χ3n) is 1.86. The molecule has 1 aliphatic rings. The molecule has 0 bridgehead atoms. The maximum absolute atomic E-state index is 10.4. The van der Waals surface area contributed by atoms with Gasteiger partial charge in [-0.3, -0.25) is 4.79 Å². The number of hydrogen-bond acceptors (Lipinski definition) is 3. The van der Waals surface area contributed by atoms with Crippen molar-refractivity contribution in [3.8, 4) is 0 Å². The van der Waals surface area contributed by atoms with Crippen molar-refractivity contribution in [2.24, 2.45) is 0 Å². The number of carbonyl (C=O) groups is 1. The fourth-order valence-electron chi connectivity index (χ4n) is 1.19. The van der Waals surface area contributed by atoms with E-state index >= 15 is 0 Å². The molecule has 3 nitrogen and oxygen atoms in total. The fourth-order valence-corrected chi connectivity index (χ4v) is 1.19. The van der Waals surface area contributed by atoms with E-state index in [-0.39, 0.29) is 0 Å². The van der Waals surface area contributed by atoms with Crippen molar-refractivity contribution in [2.75, 3.05) is 0 Å². The number of rotatable bonds is 2. The minimum atomic E-state index is 0.421. The van der Waals surface area contributed by atoms with Crippen molar-refractivity contribution in [1.29, 1.82) is 0 Å². The second kappa shape index (κ2) is 2.19. The summed E-state index contributed by atoms with van der Waals surface area (Å²) >= 11 is 0. The van der Waals surface area contributed by atoms with Crippen LogP contribution in [0.5, 0.6) is 0 Å². The molecule has 0 saturated heterocycles. The van der Waals surface area contributed by atoms with Gasteiger partial charge in [-0.25, -0.2) is 4.98 Å². The Hall–Kier alpha value is -1.12. The first kappa shape index (κ1) is 6.58. The van der Waals surface area contributed by atoms with Crippen LogP contribution < -0.4 is 0 Å². The van der Waals surface area contributed by atoms with Gasteiger partial charge in [0.2, 0.25) is 0 Å². The number of hydrogen-bond donors (Lipinski definition) is 0.